The van der Waals surface area contributed by atoms with Crippen molar-refractivity contribution >= 4 is 87.1 Å². The van der Waals surface area contributed by atoms with E-state index >= 15 is 0 Å². The van der Waals surface area contributed by atoms with Crippen LogP contribution in [0.1, 0.15) is 18.4 Å². The molecule has 11 heteroatoms. The summed E-state index contributed by atoms with van der Waals surface area (Å²) < 4.78 is 11.3. The topological polar surface area (TPSA) is 38.8 Å². The summed E-state index contributed by atoms with van der Waals surface area (Å²) in [5, 5.41) is 0.902. The lowest BCUT2D eigenvalue weighted by molar-refractivity contribution is -0.135. The molecule has 31 heavy (non-hydrogen) atoms. The Bertz CT molecular complexity index is 951. The average molecular weight is 567 g/mol. The number of nitrogens with zero attached hydrogens (tertiary/aromatic N) is 1. The predicted octanol–water partition coefficient (Wildman–Crippen LogP) is 7.85. The van der Waals surface area contributed by atoms with Crippen LogP contribution >= 0.6 is 81.2 Å². The maximum atomic E-state index is 13.0. The van der Waals surface area contributed by atoms with Gasteiger partial charge in [0.05, 0.1) is 21.2 Å². The van der Waals surface area contributed by atoms with Crippen molar-refractivity contribution in [1.82, 2.24) is 4.90 Å². The minimum Gasteiger partial charge on any atom is -0.481 e. The average Bonchev–Trinajstić information content (AvgIpc) is 3.25. The number of hydrogen-bond acceptors (Lipinski definition) is 3. The van der Waals surface area contributed by atoms with Crippen LogP contribution < -0.4 is 4.74 Å². The van der Waals surface area contributed by atoms with E-state index in [0.29, 0.717) is 23.2 Å². The van der Waals surface area contributed by atoms with Crippen molar-refractivity contribution in [2.45, 2.75) is 25.5 Å². The largest absolute Gasteiger partial charge is 0.481 e. The third kappa shape index (κ3) is 6.18. The van der Waals surface area contributed by atoms with E-state index in [2.05, 4.69) is 0 Å². The van der Waals surface area contributed by atoms with Crippen LogP contribution in [-0.2, 0) is 16.1 Å². The fourth-order valence-corrected chi connectivity index (χ4v) is 4.78. The van der Waals surface area contributed by atoms with Crippen molar-refractivity contribution in [2.75, 3.05) is 19.8 Å². The van der Waals surface area contributed by atoms with Crippen LogP contribution in [0.15, 0.2) is 18.2 Å². The molecule has 0 aromatic heterocycles. The fourth-order valence-electron chi connectivity index (χ4n) is 3.08. The molecule has 0 N–H and O–H groups in total. The maximum Gasteiger partial charge on any atom is 0.260 e. The van der Waals surface area contributed by atoms with Gasteiger partial charge >= 0.3 is 0 Å². The van der Waals surface area contributed by atoms with Gasteiger partial charge < -0.3 is 14.4 Å². The number of rotatable bonds is 7. The molecule has 1 aliphatic rings. The highest BCUT2D eigenvalue weighted by molar-refractivity contribution is 6.55. The lowest BCUT2D eigenvalue weighted by atomic mass is 10.1. The number of halogens is 7. The Morgan fingerprint density at radius 1 is 1.00 bits per heavy atom. The van der Waals surface area contributed by atoms with E-state index in [-0.39, 0.29) is 56.0 Å². The van der Waals surface area contributed by atoms with E-state index in [1.54, 1.807) is 23.1 Å². The fraction of sp³-hybridized carbons (Fsp3) is 0.350. The first-order chi connectivity index (χ1) is 14.7. The summed E-state index contributed by atoms with van der Waals surface area (Å²) in [4.78, 5) is 14.6. The molecule has 2 aromatic carbocycles. The molecule has 0 bridgehead atoms. The molecule has 4 nitrogen and oxygen atoms in total. The minimum absolute atomic E-state index is 0.00870. The Hall–Kier alpha value is -0.300. The van der Waals surface area contributed by atoms with Crippen molar-refractivity contribution in [3.8, 4) is 5.75 Å². The zero-order chi connectivity index (χ0) is 22.7. The normalized spacial score (nSPS) is 15.9. The highest BCUT2D eigenvalue weighted by atomic mass is 35.5. The molecule has 168 valence electrons. The number of hydrogen-bond donors (Lipinski definition) is 0. The molecule has 0 spiro atoms. The van der Waals surface area contributed by atoms with Gasteiger partial charge in [-0.2, -0.15) is 0 Å². The second-order valence-corrected chi connectivity index (χ2v) is 9.57. The van der Waals surface area contributed by atoms with Gasteiger partial charge in [-0.3, -0.25) is 4.79 Å². The molecule has 1 amide bonds. The molecule has 2 aromatic rings. The van der Waals surface area contributed by atoms with Crippen molar-refractivity contribution < 1.29 is 14.3 Å². The Balaban J connectivity index is 1.78. The zero-order valence-corrected chi connectivity index (χ0v) is 21.2. The van der Waals surface area contributed by atoms with Crippen LogP contribution in [0.2, 0.25) is 35.2 Å². The Morgan fingerprint density at radius 2 is 1.65 bits per heavy atom. The van der Waals surface area contributed by atoms with Gasteiger partial charge in [0.15, 0.2) is 12.4 Å². The van der Waals surface area contributed by atoms with Crippen LogP contribution in [0.5, 0.6) is 5.75 Å². The second kappa shape index (κ2) is 11.2. The summed E-state index contributed by atoms with van der Waals surface area (Å²) >= 11 is 42.8. The molecular formula is C20H16Cl7NO3. The van der Waals surface area contributed by atoms with E-state index in [1.807, 2.05) is 0 Å². The summed E-state index contributed by atoms with van der Waals surface area (Å²) in [5.41, 5.74) is 0.742. The Morgan fingerprint density at radius 3 is 2.23 bits per heavy atom. The van der Waals surface area contributed by atoms with Gasteiger partial charge in [-0.05, 0) is 30.5 Å². The molecule has 1 heterocycles. The van der Waals surface area contributed by atoms with Crippen LogP contribution in [-0.4, -0.2) is 36.7 Å². The SMILES string of the molecule is O=C(COc1c(Cl)c(Cl)c(Cl)c(Cl)c1Cl)N(Cc1ccc(Cl)cc1Cl)C[C@@H]1CCCO1. The molecule has 0 unspecified atom stereocenters. The van der Waals surface area contributed by atoms with Crippen LogP contribution in [0, 0.1) is 0 Å². The minimum atomic E-state index is -0.355. The number of carbonyl (C=O) groups excluding carboxylic acids is 1. The lowest BCUT2D eigenvalue weighted by Crippen LogP contribution is -2.39. The third-order valence-electron chi connectivity index (χ3n) is 4.69. The van der Waals surface area contributed by atoms with Crippen molar-refractivity contribution in [1.29, 1.82) is 0 Å². The molecule has 0 radical (unpaired) electrons. The Labute approximate surface area is 215 Å². The monoisotopic (exact) mass is 563 g/mol. The number of carbonyl (C=O) groups is 1. The molecule has 1 saturated heterocycles. The zero-order valence-electron chi connectivity index (χ0n) is 15.9. The van der Waals surface area contributed by atoms with Gasteiger partial charge in [-0.1, -0.05) is 87.3 Å². The molecule has 1 fully saturated rings. The van der Waals surface area contributed by atoms with Gasteiger partial charge in [0.25, 0.3) is 5.91 Å². The van der Waals surface area contributed by atoms with E-state index in [1.165, 1.54) is 0 Å². The predicted molar refractivity (Wildman–Crippen MR) is 128 cm³/mol. The first kappa shape index (κ1) is 25.3. The van der Waals surface area contributed by atoms with Gasteiger partial charge in [0.2, 0.25) is 0 Å². The summed E-state index contributed by atoms with van der Waals surface area (Å²) in [7, 11) is 0. The van der Waals surface area contributed by atoms with E-state index < -0.39 is 0 Å². The highest BCUT2D eigenvalue weighted by Gasteiger charge is 2.26. The maximum absolute atomic E-state index is 13.0. The lowest BCUT2D eigenvalue weighted by Gasteiger charge is -2.26. The second-order valence-electron chi connectivity index (χ2n) is 6.83. The molecule has 0 saturated carbocycles. The van der Waals surface area contributed by atoms with Crippen molar-refractivity contribution in [3.63, 3.8) is 0 Å². The molecule has 1 aliphatic heterocycles. The third-order valence-corrected chi connectivity index (χ3v) is 7.52. The first-order valence-corrected chi connectivity index (χ1v) is 11.8. The van der Waals surface area contributed by atoms with E-state index in [9.17, 15) is 4.79 Å². The summed E-state index contributed by atoms with van der Waals surface area (Å²) in [6, 6.07) is 5.11. The summed E-state index contributed by atoms with van der Waals surface area (Å²) in [5.74, 6) is -0.339. The summed E-state index contributed by atoms with van der Waals surface area (Å²) in [6.07, 6.45) is 1.73. The summed E-state index contributed by atoms with van der Waals surface area (Å²) in [6.45, 7) is 0.940. The van der Waals surface area contributed by atoms with Crippen LogP contribution in [0.25, 0.3) is 0 Å². The van der Waals surface area contributed by atoms with Crippen LogP contribution in [0.4, 0.5) is 0 Å². The number of ether oxygens (including phenoxy) is 2. The quantitative estimate of drug-likeness (QED) is 0.253. The van der Waals surface area contributed by atoms with Crippen molar-refractivity contribution in [3.05, 3.63) is 58.9 Å². The standard InChI is InChI=1S/C20H16Cl7NO3/c21-11-4-3-10(13(22)6-11)7-28(8-12-2-1-5-30-12)14(29)9-31-20-18(26)16(24)15(23)17(25)19(20)27/h3-4,6,12H,1-2,5,7-9H2/t12-/m0/s1. The van der Waals surface area contributed by atoms with Crippen LogP contribution in [0.3, 0.4) is 0 Å². The highest BCUT2D eigenvalue weighted by Crippen LogP contribution is 2.48. The van der Waals surface area contributed by atoms with Crippen molar-refractivity contribution in [2.24, 2.45) is 0 Å². The van der Waals surface area contributed by atoms with Gasteiger partial charge in [-0.15, -0.1) is 0 Å². The smallest absolute Gasteiger partial charge is 0.260 e. The number of amides is 1. The van der Waals surface area contributed by atoms with Gasteiger partial charge in [-0.25, -0.2) is 0 Å². The molecule has 3 rings (SSSR count). The molecular weight excluding hydrogens is 550 g/mol. The van der Waals surface area contributed by atoms with E-state index in [4.69, 9.17) is 90.7 Å². The van der Waals surface area contributed by atoms with E-state index in [0.717, 1.165) is 18.4 Å². The Kier molecular flexibility index (Phi) is 9.16. The molecule has 0 aliphatic carbocycles. The molecule has 1 atom stereocenters. The van der Waals surface area contributed by atoms with Gasteiger partial charge in [0.1, 0.15) is 10.0 Å². The number of benzene rings is 2. The first-order valence-electron chi connectivity index (χ1n) is 9.16. The van der Waals surface area contributed by atoms with Gasteiger partial charge in [0, 0.05) is 29.7 Å².